The largest absolute Gasteiger partial charge is 0.327 e. The van der Waals surface area contributed by atoms with Crippen LogP contribution in [-0.2, 0) is 0 Å². The monoisotopic (exact) mass is 266 g/mol. The lowest BCUT2D eigenvalue weighted by Gasteiger charge is -2.35. The minimum atomic E-state index is 0.286. The van der Waals surface area contributed by atoms with Gasteiger partial charge in [-0.25, -0.2) is 0 Å². The van der Waals surface area contributed by atoms with Gasteiger partial charge in [0.1, 0.15) is 0 Å². The van der Waals surface area contributed by atoms with Gasteiger partial charge in [-0.05, 0) is 36.7 Å². The summed E-state index contributed by atoms with van der Waals surface area (Å²) in [7, 11) is 2.18. The highest BCUT2D eigenvalue weighted by molar-refractivity contribution is 5.63. The van der Waals surface area contributed by atoms with Crippen molar-refractivity contribution in [2.24, 2.45) is 5.73 Å². The first-order chi connectivity index (χ1) is 9.74. The number of benzene rings is 2. The lowest BCUT2D eigenvalue weighted by molar-refractivity contribution is 0.228. The number of nitrogens with two attached hydrogens (primary N) is 1. The highest BCUT2D eigenvalue weighted by Crippen LogP contribution is 2.27. The van der Waals surface area contributed by atoms with Crippen molar-refractivity contribution in [3.05, 3.63) is 60.2 Å². The third kappa shape index (κ3) is 2.77. The Hall–Kier alpha value is -1.64. The van der Waals surface area contributed by atoms with E-state index in [4.69, 9.17) is 5.73 Å². The van der Waals surface area contributed by atoms with E-state index in [1.165, 1.54) is 16.7 Å². The molecular formula is C18H22N2. The van der Waals surface area contributed by atoms with Crippen molar-refractivity contribution < 1.29 is 0 Å². The molecule has 0 unspecified atom stereocenters. The lowest BCUT2D eigenvalue weighted by atomic mass is 9.86. The summed E-state index contributed by atoms with van der Waals surface area (Å²) in [5.41, 5.74) is 10.2. The smallest absolute Gasteiger partial charge is 0.0132 e. The van der Waals surface area contributed by atoms with E-state index < -0.39 is 0 Å². The van der Waals surface area contributed by atoms with Gasteiger partial charge in [0.05, 0.1) is 0 Å². The molecule has 0 aromatic heterocycles. The third-order valence-electron chi connectivity index (χ3n) is 4.32. The maximum atomic E-state index is 6.30. The minimum Gasteiger partial charge on any atom is -0.327 e. The summed E-state index contributed by atoms with van der Waals surface area (Å²) in [6.45, 7) is 2.17. The van der Waals surface area contributed by atoms with Crippen molar-refractivity contribution in [1.82, 2.24) is 4.90 Å². The van der Waals surface area contributed by atoms with Crippen LogP contribution in [0, 0.1) is 0 Å². The van der Waals surface area contributed by atoms with Crippen LogP contribution in [0.1, 0.15) is 17.9 Å². The summed E-state index contributed by atoms with van der Waals surface area (Å²) in [5.74, 6) is 0.457. The summed E-state index contributed by atoms with van der Waals surface area (Å²) in [6.07, 6.45) is 1.08. The fourth-order valence-corrected chi connectivity index (χ4v) is 3.04. The first kappa shape index (κ1) is 13.3. The molecular weight excluding hydrogens is 244 g/mol. The SMILES string of the molecule is CN1CC[C@@H](N)[C@H](c2ccc(-c3ccccc3)cc2)C1. The Kier molecular flexibility index (Phi) is 3.86. The predicted octanol–water partition coefficient (Wildman–Crippen LogP) is 3.10. The van der Waals surface area contributed by atoms with Crippen LogP contribution in [0.2, 0.25) is 0 Å². The number of nitrogens with zero attached hydrogens (tertiary/aromatic N) is 1. The molecule has 1 fully saturated rings. The van der Waals surface area contributed by atoms with Gasteiger partial charge in [0.15, 0.2) is 0 Å². The van der Waals surface area contributed by atoms with E-state index in [1.807, 2.05) is 0 Å². The van der Waals surface area contributed by atoms with E-state index in [1.54, 1.807) is 0 Å². The number of likely N-dealkylation sites (tertiary alicyclic amines) is 1. The average Bonchev–Trinajstić information content (AvgIpc) is 2.51. The zero-order chi connectivity index (χ0) is 13.9. The van der Waals surface area contributed by atoms with Crippen molar-refractivity contribution >= 4 is 0 Å². The molecule has 0 spiro atoms. The van der Waals surface area contributed by atoms with Crippen LogP contribution >= 0.6 is 0 Å². The summed E-state index contributed by atoms with van der Waals surface area (Å²) < 4.78 is 0. The number of piperidine rings is 1. The Labute approximate surface area is 121 Å². The van der Waals surface area contributed by atoms with Gasteiger partial charge in [-0.15, -0.1) is 0 Å². The standard InChI is InChI=1S/C18H22N2/c1-20-12-11-18(19)17(13-20)16-9-7-15(8-10-16)14-5-3-2-4-6-14/h2-10,17-18H,11-13,19H2,1H3/t17-,18+/m0/s1. The number of likely N-dealkylation sites (N-methyl/N-ethyl adjacent to an activating group) is 1. The number of hydrogen-bond donors (Lipinski definition) is 1. The van der Waals surface area contributed by atoms with E-state index in [-0.39, 0.29) is 6.04 Å². The normalized spacial score (nSPS) is 23.7. The molecule has 0 saturated carbocycles. The lowest BCUT2D eigenvalue weighted by Crippen LogP contribution is -2.43. The van der Waals surface area contributed by atoms with Crippen LogP contribution in [0.15, 0.2) is 54.6 Å². The molecule has 20 heavy (non-hydrogen) atoms. The highest BCUT2D eigenvalue weighted by atomic mass is 15.1. The number of hydrogen-bond acceptors (Lipinski definition) is 2. The molecule has 2 nitrogen and oxygen atoms in total. The maximum Gasteiger partial charge on any atom is 0.0132 e. The maximum absolute atomic E-state index is 6.30. The second kappa shape index (κ2) is 5.78. The predicted molar refractivity (Wildman–Crippen MR) is 84.7 cm³/mol. The molecule has 104 valence electrons. The van der Waals surface area contributed by atoms with Crippen molar-refractivity contribution in [3.8, 4) is 11.1 Å². The number of rotatable bonds is 2. The van der Waals surface area contributed by atoms with Gasteiger partial charge in [-0.3, -0.25) is 0 Å². The summed E-state index contributed by atoms with van der Waals surface area (Å²) in [5, 5.41) is 0. The van der Waals surface area contributed by atoms with Crippen LogP contribution < -0.4 is 5.73 Å². The fraction of sp³-hybridized carbons (Fsp3) is 0.333. The Morgan fingerprint density at radius 3 is 2.30 bits per heavy atom. The van der Waals surface area contributed by atoms with Crippen molar-refractivity contribution in [1.29, 1.82) is 0 Å². The van der Waals surface area contributed by atoms with Gasteiger partial charge in [-0.2, -0.15) is 0 Å². The first-order valence-electron chi connectivity index (χ1n) is 7.33. The van der Waals surface area contributed by atoms with Crippen molar-refractivity contribution in [3.63, 3.8) is 0 Å². The van der Waals surface area contributed by atoms with Gasteiger partial charge >= 0.3 is 0 Å². The highest BCUT2D eigenvalue weighted by Gasteiger charge is 2.25. The molecule has 0 radical (unpaired) electrons. The molecule has 1 aliphatic heterocycles. The molecule has 1 heterocycles. The second-order valence-corrected chi connectivity index (χ2v) is 5.81. The molecule has 2 atom stereocenters. The molecule has 3 rings (SSSR count). The van der Waals surface area contributed by atoms with Gasteiger partial charge < -0.3 is 10.6 Å². The summed E-state index contributed by atoms with van der Waals surface area (Å²) in [4.78, 5) is 2.37. The van der Waals surface area contributed by atoms with Crippen molar-refractivity contribution in [2.75, 3.05) is 20.1 Å². The van der Waals surface area contributed by atoms with Crippen LogP contribution in [0.3, 0.4) is 0 Å². The van der Waals surface area contributed by atoms with Gasteiger partial charge in [0.2, 0.25) is 0 Å². The fourth-order valence-electron chi connectivity index (χ4n) is 3.04. The van der Waals surface area contributed by atoms with E-state index in [0.29, 0.717) is 5.92 Å². The second-order valence-electron chi connectivity index (χ2n) is 5.81. The molecule has 2 N–H and O–H groups in total. The summed E-state index contributed by atoms with van der Waals surface area (Å²) >= 11 is 0. The van der Waals surface area contributed by atoms with E-state index in [0.717, 1.165) is 19.5 Å². The minimum absolute atomic E-state index is 0.286. The quantitative estimate of drug-likeness (QED) is 0.905. The van der Waals surface area contributed by atoms with E-state index in [9.17, 15) is 0 Å². The molecule has 1 saturated heterocycles. The van der Waals surface area contributed by atoms with Crippen molar-refractivity contribution in [2.45, 2.75) is 18.4 Å². The Morgan fingerprint density at radius 2 is 1.60 bits per heavy atom. The molecule has 2 aromatic carbocycles. The molecule has 2 aromatic rings. The van der Waals surface area contributed by atoms with Gasteiger partial charge in [0, 0.05) is 18.5 Å². The summed E-state index contributed by atoms with van der Waals surface area (Å²) in [6, 6.07) is 19.7. The van der Waals surface area contributed by atoms with Crippen LogP contribution in [0.5, 0.6) is 0 Å². The van der Waals surface area contributed by atoms with Crippen LogP contribution in [0.25, 0.3) is 11.1 Å². The molecule has 2 heteroatoms. The topological polar surface area (TPSA) is 29.3 Å². The Morgan fingerprint density at radius 1 is 0.950 bits per heavy atom. The molecule has 0 aliphatic carbocycles. The Balaban J connectivity index is 1.82. The van der Waals surface area contributed by atoms with Gasteiger partial charge in [0.25, 0.3) is 0 Å². The average molecular weight is 266 g/mol. The third-order valence-corrected chi connectivity index (χ3v) is 4.32. The molecule has 0 bridgehead atoms. The zero-order valence-corrected chi connectivity index (χ0v) is 12.0. The molecule has 1 aliphatic rings. The first-order valence-corrected chi connectivity index (χ1v) is 7.33. The van der Waals surface area contributed by atoms with Gasteiger partial charge in [-0.1, -0.05) is 54.6 Å². The van der Waals surface area contributed by atoms with Crippen LogP contribution in [-0.4, -0.2) is 31.1 Å². The Bertz CT molecular complexity index is 547. The van der Waals surface area contributed by atoms with E-state index >= 15 is 0 Å². The van der Waals surface area contributed by atoms with E-state index in [2.05, 4.69) is 66.5 Å². The molecule has 0 amide bonds. The zero-order valence-electron chi connectivity index (χ0n) is 12.0. The van der Waals surface area contributed by atoms with Crippen LogP contribution in [0.4, 0.5) is 0 Å².